The van der Waals surface area contributed by atoms with Crippen LogP contribution in [0.1, 0.15) is 28.5 Å². The standard InChI is InChI=1S/C23H24N2O4/c1-27-20-13-17-10-11-25(15-18(17)14-21(20)28-2)23(26)24-22(19-9-6-12-29-19)16-7-4-3-5-8-16/h3-9,12-14,22H,10-11,15H2,1-2H3,(H,24,26). The van der Waals surface area contributed by atoms with E-state index < -0.39 is 0 Å². The van der Waals surface area contributed by atoms with E-state index in [-0.39, 0.29) is 12.1 Å². The molecule has 0 radical (unpaired) electrons. The normalized spacial score (nSPS) is 14.1. The van der Waals surface area contributed by atoms with Crippen LogP contribution in [0.5, 0.6) is 11.5 Å². The number of ether oxygens (including phenoxy) is 2. The second-order valence-corrected chi connectivity index (χ2v) is 6.96. The van der Waals surface area contributed by atoms with Crippen LogP contribution >= 0.6 is 0 Å². The number of hydrogen-bond acceptors (Lipinski definition) is 4. The third-order valence-electron chi connectivity index (χ3n) is 5.23. The van der Waals surface area contributed by atoms with Crippen molar-refractivity contribution < 1.29 is 18.7 Å². The molecule has 1 unspecified atom stereocenters. The van der Waals surface area contributed by atoms with Crippen molar-refractivity contribution in [3.8, 4) is 11.5 Å². The molecule has 0 spiro atoms. The fraction of sp³-hybridized carbons (Fsp3) is 0.261. The molecule has 150 valence electrons. The smallest absolute Gasteiger partial charge is 0.318 e. The average molecular weight is 392 g/mol. The Bertz CT molecular complexity index is 970. The van der Waals surface area contributed by atoms with Gasteiger partial charge in [0.1, 0.15) is 11.8 Å². The van der Waals surface area contributed by atoms with Crippen molar-refractivity contribution in [3.63, 3.8) is 0 Å². The lowest BCUT2D eigenvalue weighted by Crippen LogP contribution is -2.44. The van der Waals surface area contributed by atoms with Crippen molar-refractivity contribution in [3.05, 3.63) is 83.3 Å². The summed E-state index contributed by atoms with van der Waals surface area (Å²) < 4.78 is 16.4. The lowest BCUT2D eigenvalue weighted by Gasteiger charge is -2.31. The molecule has 2 amide bonds. The molecule has 0 bridgehead atoms. The van der Waals surface area contributed by atoms with Crippen LogP contribution in [-0.4, -0.2) is 31.7 Å². The van der Waals surface area contributed by atoms with Gasteiger partial charge in [-0.1, -0.05) is 30.3 Å². The molecule has 3 aromatic rings. The zero-order valence-corrected chi connectivity index (χ0v) is 16.6. The maximum absolute atomic E-state index is 13.1. The molecule has 0 fully saturated rings. The van der Waals surface area contributed by atoms with E-state index in [1.165, 1.54) is 5.56 Å². The number of benzene rings is 2. The van der Waals surface area contributed by atoms with E-state index in [0.717, 1.165) is 17.5 Å². The van der Waals surface area contributed by atoms with Crippen LogP contribution in [0.25, 0.3) is 0 Å². The van der Waals surface area contributed by atoms with Crippen LogP contribution in [-0.2, 0) is 13.0 Å². The first-order valence-corrected chi connectivity index (χ1v) is 9.57. The summed E-state index contributed by atoms with van der Waals surface area (Å²) in [6.45, 7) is 1.15. The number of carbonyl (C=O) groups is 1. The van der Waals surface area contributed by atoms with Crippen LogP contribution in [0.2, 0.25) is 0 Å². The Morgan fingerprint density at radius 3 is 2.41 bits per heavy atom. The molecule has 0 saturated heterocycles. The fourth-order valence-electron chi connectivity index (χ4n) is 3.69. The highest BCUT2D eigenvalue weighted by Crippen LogP contribution is 2.33. The lowest BCUT2D eigenvalue weighted by molar-refractivity contribution is 0.188. The van der Waals surface area contributed by atoms with Crippen molar-refractivity contribution in [1.82, 2.24) is 10.2 Å². The Labute approximate surface area is 170 Å². The van der Waals surface area contributed by atoms with Gasteiger partial charge in [-0.15, -0.1) is 0 Å². The first kappa shape index (κ1) is 18.9. The number of rotatable bonds is 5. The van der Waals surface area contributed by atoms with Crippen molar-refractivity contribution in [1.29, 1.82) is 0 Å². The second-order valence-electron chi connectivity index (χ2n) is 6.96. The van der Waals surface area contributed by atoms with Crippen LogP contribution in [0.3, 0.4) is 0 Å². The molecule has 0 aliphatic carbocycles. The van der Waals surface area contributed by atoms with Crippen molar-refractivity contribution in [2.24, 2.45) is 0 Å². The average Bonchev–Trinajstić information content (AvgIpc) is 3.31. The molecule has 6 nitrogen and oxygen atoms in total. The lowest BCUT2D eigenvalue weighted by atomic mass is 9.99. The monoisotopic (exact) mass is 392 g/mol. The Hall–Kier alpha value is -3.41. The number of amides is 2. The molecule has 6 heteroatoms. The molecule has 1 N–H and O–H groups in total. The van der Waals surface area contributed by atoms with E-state index in [9.17, 15) is 4.79 Å². The Kier molecular flexibility index (Phi) is 5.42. The van der Waals surface area contributed by atoms with Gasteiger partial charge in [-0.2, -0.15) is 0 Å². The zero-order valence-electron chi connectivity index (χ0n) is 16.6. The summed E-state index contributed by atoms with van der Waals surface area (Å²) in [7, 11) is 3.25. The molecule has 1 aliphatic rings. The number of carbonyl (C=O) groups excluding carboxylic acids is 1. The SMILES string of the molecule is COc1cc2c(cc1OC)CN(C(=O)NC(c1ccccc1)c1ccco1)CC2. The highest BCUT2D eigenvalue weighted by Gasteiger charge is 2.26. The van der Waals surface area contributed by atoms with Crippen molar-refractivity contribution in [2.45, 2.75) is 19.0 Å². The third kappa shape index (κ3) is 3.92. The minimum Gasteiger partial charge on any atom is -0.493 e. The second kappa shape index (κ2) is 8.31. The zero-order chi connectivity index (χ0) is 20.2. The van der Waals surface area contributed by atoms with Crippen LogP contribution in [0.15, 0.2) is 65.3 Å². The van der Waals surface area contributed by atoms with E-state index in [2.05, 4.69) is 5.32 Å². The van der Waals surface area contributed by atoms with Crippen molar-refractivity contribution in [2.75, 3.05) is 20.8 Å². The maximum Gasteiger partial charge on any atom is 0.318 e. The molecule has 1 aromatic heterocycles. The number of nitrogens with zero attached hydrogens (tertiary/aromatic N) is 1. The number of hydrogen-bond donors (Lipinski definition) is 1. The van der Waals surface area contributed by atoms with Gasteiger partial charge in [0.25, 0.3) is 0 Å². The van der Waals surface area contributed by atoms with Crippen molar-refractivity contribution >= 4 is 6.03 Å². The van der Waals surface area contributed by atoms with Gasteiger partial charge in [0.15, 0.2) is 11.5 Å². The Morgan fingerprint density at radius 1 is 1.03 bits per heavy atom. The summed E-state index contributed by atoms with van der Waals surface area (Å²) in [5.74, 6) is 2.09. The quantitative estimate of drug-likeness (QED) is 0.708. The summed E-state index contributed by atoms with van der Waals surface area (Å²) >= 11 is 0. The minimum atomic E-state index is -0.342. The number of nitrogens with one attached hydrogen (secondary N) is 1. The first-order chi connectivity index (χ1) is 14.2. The van der Waals surface area contributed by atoms with Gasteiger partial charge in [-0.25, -0.2) is 4.79 Å². The number of fused-ring (bicyclic) bond motifs is 1. The Morgan fingerprint density at radius 2 is 1.76 bits per heavy atom. The predicted octanol–water partition coefficient (Wildman–Crippen LogP) is 4.15. The summed E-state index contributed by atoms with van der Waals surface area (Å²) in [6.07, 6.45) is 2.38. The van der Waals surface area contributed by atoms with Gasteiger partial charge in [0.2, 0.25) is 0 Å². The summed E-state index contributed by atoms with van der Waals surface area (Å²) in [5.41, 5.74) is 3.22. The molecule has 4 rings (SSSR count). The molecular formula is C23H24N2O4. The van der Waals surface area contributed by atoms with E-state index in [4.69, 9.17) is 13.9 Å². The number of furan rings is 1. The minimum absolute atomic E-state index is 0.129. The van der Waals surface area contributed by atoms with Gasteiger partial charge < -0.3 is 24.1 Å². The predicted molar refractivity (Wildman–Crippen MR) is 109 cm³/mol. The molecule has 2 aromatic carbocycles. The van der Waals surface area contributed by atoms with E-state index in [0.29, 0.717) is 30.3 Å². The molecule has 1 atom stereocenters. The van der Waals surface area contributed by atoms with E-state index in [1.54, 1.807) is 20.5 Å². The molecule has 29 heavy (non-hydrogen) atoms. The first-order valence-electron chi connectivity index (χ1n) is 9.57. The van der Waals surface area contributed by atoms with Gasteiger partial charge in [0, 0.05) is 13.1 Å². The number of urea groups is 1. The molecular weight excluding hydrogens is 368 g/mol. The molecule has 2 heterocycles. The van der Waals surface area contributed by atoms with Crippen LogP contribution in [0.4, 0.5) is 4.79 Å². The Balaban J connectivity index is 1.54. The van der Waals surface area contributed by atoms with Gasteiger partial charge in [-0.05, 0) is 47.4 Å². The highest BCUT2D eigenvalue weighted by atomic mass is 16.5. The van der Waals surface area contributed by atoms with Crippen LogP contribution in [0, 0.1) is 0 Å². The summed E-state index contributed by atoms with van der Waals surface area (Å²) in [4.78, 5) is 14.9. The maximum atomic E-state index is 13.1. The number of methoxy groups -OCH3 is 2. The topological polar surface area (TPSA) is 63.9 Å². The van der Waals surface area contributed by atoms with Gasteiger partial charge >= 0.3 is 6.03 Å². The van der Waals surface area contributed by atoms with Gasteiger partial charge in [0.05, 0.1) is 20.5 Å². The highest BCUT2D eigenvalue weighted by molar-refractivity contribution is 5.75. The van der Waals surface area contributed by atoms with E-state index in [1.807, 2.05) is 59.5 Å². The van der Waals surface area contributed by atoms with Crippen LogP contribution < -0.4 is 14.8 Å². The summed E-state index contributed by atoms with van der Waals surface area (Å²) in [6, 6.07) is 17.0. The fourth-order valence-corrected chi connectivity index (χ4v) is 3.69. The van der Waals surface area contributed by atoms with Gasteiger partial charge in [-0.3, -0.25) is 0 Å². The molecule has 0 saturated carbocycles. The largest absolute Gasteiger partial charge is 0.493 e. The summed E-state index contributed by atoms with van der Waals surface area (Å²) in [5, 5.41) is 3.12. The van der Waals surface area contributed by atoms with E-state index >= 15 is 0 Å². The molecule has 1 aliphatic heterocycles. The third-order valence-corrected chi connectivity index (χ3v) is 5.23.